The van der Waals surface area contributed by atoms with Crippen molar-refractivity contribution in [3.05, 3.63) is 89.5 Å². The van der Waals surface area contributed by atoms with Crippen LogP contribution in [-0.2, 0) is 11.5 Å². The number of anilines is 1. The topological polar surface area (TPSA) is 58.6 Å². The van der Waals surface area contributed by atoms with Crippen molar-refractivity contribution in [3.8, 4) is 11.1 Å². The van der Waals surface area contributed by atoms with Crippen LogP contribution in [0.25, 0.3) is 11.1 Å². The van der Waals surface area contributed by atoms with Gasteiger partial charge in [0, 0.05) is 11.3 Å². The molecule has 4 nitrogen and oxygen atoms in total. The molecule has 0 fully saturated rings. The van der Waals surface area contributed by atoms with Gasteiger partial charge in [-0.15, -0.1) is 0 Å². The van der Waals surface area contributed by atoms with Gasteiger partial charge in [0.15, 0.2) is 0 Å². The molecule has 0 saturated carbocycles. The van der Waals surface area contributed by atoms with E-state index in [0.717, 1.165) is 16.7 Å². The number of carbonyl (C=O) groups excluding carboxylic acids is 1. The van der Waals surface area contributed by atoms with E-state index in [-0.39, 0.29) is 12.5 Å². The van der Waals surface area contributed by atoms with E-state index >= 15 is 0 Å². The standard InChI is InChI=1S/C21H19NO3/c1-15-6-10-17(11-7-15)19-4-2-3-5-20(19)21(23)22-18-12-8-16(9-13-18)14-25-24/h2-13,24H,14H2,1H3,(H,22,23). The van der Waals surface area contributed by atoms with Crippen LogP contribution >= 0.6 is 0 Å². The van der Waals surface area contributed by atoms with E-state index in [9.17, 15) is 4.79 Å². The highest BCUT2D eigenvalue weighted by Crippen LogP contribution is 2.25. The van der Waals surface area contributed by atoms with Crippen LogP contribution in [0, 0.1) is 6.92 Å². The second kappa shape index (κ2) is 7.75. The van der Waals surface area contributed by atoms with Gasteiger partial charge in [-0.1, -0.05) is 60.2 Å². The molecule has 3 rings (SSSR count). The number of hydrogen-bond acceptors (Lipinski definition) is 3. The first-order valence-corrected chi connectivity index (χ1v) is 8.00. The van der Waals surface area contributed by atoms with Crippen molar-refractivity contribution in [3.63, 3.8) is 0 Å². The van der Waals surface area contributed by atoms with Crippen molar-refractivity contribution in [1.82, 2.24) is 0 Å². The zero-order chi connectivity index (χ0) is 17.6. The second-order valence-corrected chi connectivity index (χ2v) is 5.84. The third-order valence-corrected chi connectivity index (χ3v) is 3.98. The lowest BCUT2D eigenvalue weighted by Gasteiger charge is -2.11. The maximum atomic E-state index is 12.7. The predicted octanol–water partition coefficient (Wildman–Crippen LogP) is 4.90. The van der Waals surface area contributed by atoms with Crippen molar-refractivity contribution in [2.24, 2.45) is 0 Å². The van der Waals surface area contributed by atoms with Gasteiger partial charge in [0.05, 0.1) is 0 Å². The Hall–Kier alpha value is -2.95. The number of aryl methyl sites for hydroxylation is 1. The van der Waals surface area contributed by atoms with E-state index in [1.54, 1.807) is 24.3 Å². The molecule has 0 unspecified atom stereocenters. The average molecular weight is 333 g/mol. The number of benzene rings is 3. The quantitative estimate of drug-likeness (QED) is 0.515. The Morgan fingerprint density at radius 3 is 2.32 bits per heavy atom. The molecule has 0 atom stereocenters. The average Bonchev–Trinajstić information content (AvgIpc) is 2.64. The van der Waals surface area contributed by atoms with E-state index in [1.165, 1.54) is 5.56 Å². The highest BCUT2D eigenvalue weighted by molar-refractivity contribution is 6.08. The molecule has 0 aliphatic heterocycles. The van der Waals surface area contributed by atoms with E-state index in [2.05, 4.69) is 10.2 Å². The Morgan fingerprint density at radius 2 is 1.64 bits per heavy atom. The van der Waals surface area contributed by atoms with Gasteiger partial charge in [0.2, 0.25) is 0 Å². The monoisotopic (exact) mass is 333 g/mol. The van der Waals surface area contributed by atoms with Crippen LogP contribution in [0.15, 0.2) is 72.8 Å². The minimum atomic E-state index is -0.165. The first kappa shape index (κ1) is 16.9. The molecule has 0 aromatic heterocycles. The molecule has 0 aliphatic carbocycles. The second-order valence-electron chi connectivity index (χ2n) is 5.84. The normalized spacial score (nSPS) is 10.5. The Morgan fingerprint density at radius 1 is 0.960 bits per heavy atom. The highest BCUT2D eigenvalue weighted by Gasteiger charge is 2.12. The maximum Gasteiger partial charge on any atom is 0.256 e. The van der Waals surface area contributed by atoms with E-state index in [0.29, 0.717) is 11.3 Å². The smallest absolute Gasteiger partial charge is 0.256 e. The zero-order valence-corrected chi connectivity index (χ0v) is 13.9. The van der Waals surface area contributed by atoms with Crippen molar-refractivity contribution >= 4 is 11.6 Å². The van der Waals surface area contributed by atoms with Crippen LogP contribution in [0.5, 0.6) is 0 Å². The molecular weight excluding hydrogens is 314 g/mol. The molecule has 0 aliphatic rings. The third kappa shape index (κ3) is 4.12. The molecule has 25 heavy (non-hydrogen) atoms. The van der Waals surface area contributed by atoms with E-state index < -0.39 is 0 Å². The number of rotatable bonds is 5. The zero-order valence-electron chi connectivity index (χ0n) is 13.9. The van der Waals surface area contributed by atoms with Gasteiger partial charge in [-0.05, 0) is 41.8 Å². The summed E-state index contributed by atoms with van der Waals surface area (Å²) in [4.78, 5) is 16.8. The molecule has 3 aromatic carbocycles. The number of amides is 1. The fourth-order valence-corrected chi connectivity index (χ4v) is 2.62. The number of hydrogen-bond donors (Lipinski definition) is 2. The molecular formula is C21H19NO3. The minimum absolute atomic E-state index is 0.116. The lowest BCUT2D eigenvalue weighted by Crippen LogP contribution is -2.13. The molecule has 3 aromatic rings. The van der Waals surface area contributed by atoms with Crippen LogP contribution < -0.4 is 5.32 Å². The summed E-state index contributed by atoms with van der Waals surface area (Å²) < 4.78 is 0. The largest absolute Gasteiger partial charge is 0.322 e. The minimum Gasteiger partial charge on any atom is -0.322 e. The van der Waals surface area contributed by atoms with Crippen LogP contribution in [0.4, 0.5) is 5.69 Å². The first-order valence-electron chi connectivity index (χ1n) is 8.00. The Balaban J connectivity index is 1.84. The van der Waals surface area contributed by atoms with E-state index in [1.807, 2.05) is 55.5 Å². The Labute approximate surface area is 146 Å². The molecule has 0 saturated heterocycles. The summed E-state index contributed by atoms with van der Waals surface area (Å²) in [5, 5.41) is 11.4. The number of carbonyl (C=O) groups is 1. The Kier molecular flexibility index (Phi) is 5.23. The molecule has 2 N–H and O–H groups in total. The first-order chi connectivity index (χ1) is 12.2. The summed E-state index contributed by atoms with van der Waals surface area (Å²) in [6.07, 6.45) is 0. The van der Waals surface area contributed by atoms with Gasteiger partial charge < -0.3 is 5.32 Å². The molecule has 0 radical (unpaired) electrons. The molecule has 0 bridgehead atoms. The third-order valence-electron chi connectivity index (χ3n) is 3.98. The van der Waals surface area contributed by atoms with Gasteiger partial charge in [-0.2, -0.15) is 0 Å². The van der Waals surface area contributed by atoms with Crippen molar-refractivity contribution in [2.75, 3.05) is 5.32 Å². The SMILES string of the molecule is Cc1ccc(-c2ccccc2C(=O)Nc2ccc(COO)cc2)cc1. The summed E-state index contributed by atoms with van der Waals surface area (Å²) in [5.74, 6) is -0.165. The van der Waals surface area contributed by atoms with Crippen LogP contribution in [-0.4, -0.2) is 11.2 Å². The van der Waals surface area contributed by atoms with E-state index in [4.69, 9.17) is 5.26 Å². The summed E-state index contributed by atoms with van der Waals surface area (Å²) in [6, 6.07) is 22.8. The summed E-state index contributed by atoms with van der Waals surface area (Å²) in [6.45, 7) is 2.15. The molecule has 0 heterocycles. The van der Waals surface area contributed by atoms with Gasteiger partial charge >= 0.3 is 0 Å². The molecule has 0 spiro atoms. The highest BCUT2D eigenvalue weighted by atomic mass is 17.1. The van der Waals surface area contributed by atoms with Gasteiger partial charge in [-0.25, -0.2) is 4.89 Å². The lowest BCUT2D eigenvalue weighted by atomic mass is 9.98. The Bertz CT molecular complexity index is 855. The van der Waals surface area contributed by atoms with Crippen molar-refractivity contribution in [2.45, 2.75) is 13.5 Å². The summed E-state index contributed by atoms with van der Waals surface area (Å²) in [5.41, 5.74) is 5.20. The predicted molar refractivity (Wildman–Crippen MR) is 98.4 cm³/mol. The van der Waals surface area contributed by atoms with Gasteiger partial charge in [-0.3, -0.25) is 10.1 Å². The molecule has 1 amide bonds. The van der Waals surface area contributed by atoms with Crippen LogP contribution in [0.2, 0.25) is 0 Å². The number of nitrogens with one attached hydrogen (secondary N) is 1. The van der Waals surface area contributed by atoms with Crippen molar-refractivity contribution in [1.29, 1.82) is 0 Å². The maximum absolute atomic E-state index is 12.7. The summed E-state index contributed by atoms with van der Waals surface area (Å²) in [7, 11) is 0. The van der Waals surface area contributed by atoms with Crippen LogP contribution in [0.1, 0.15) is 21.5 Å². The van der Waals surface area contributed by atoms with Crippen LogP contribution in [0.3, 0.4) is 0 Å². The molecule has 126 valence electrons. The van der Waals surface area contributed by atoms with Gasteiger partial charge in [0.1, 0.15) is 6.61 Å². The van der Waals surface area contributed by atoms with Crippen molar-refractivity contribution < 1.29 is 14.9 Å². The fraction of sp³-hybridized carbons (Fsp3) is 0.0952. The van der Waals surface area contributed by atoms with Gasteiger partial charge in [0.25, 0.3) is 5.91 Å². The lowest BCUT2D eigenvalue weighted by molar-refractivity contribution is -0.253. The summed E-state index contributed by atoms with van der Waals surface area (Å²) >= 11 is 0. The fourth-order valence-electron chi connectivity index (χ4n) is 2.62. The molecule has 4 heteroatoms.